The largest absolute Gasteiger partial charge is 0.328 e. The molecule has 0 aliphatic heterocycles. The fourth-order valence-corrected chi connectivity index (χ4v) is 1.52. The molecule has 2 aromatic heterocycles. The van der Waals surface area contributed by atoms with Crippen molar-refractivity contribution in [2.24, 2.45) is 0 Å². The monoisotopic (exact) mass is 222 g/mol. The van der Waals surface area contributed by atoms with Crippen LogP contribution in [0.4, 0.5) is 0 Å². The van der Waals surface area contributed by atoms with Crippen molar-refractivity contribution in [3.05, 3.63) is 33.5 Å². The molecular weight excluding hydrogens is 212 g/mol. The molecule has 0 unspecified atom stereocenters. The molecule has 2 heterocycles. The number of H-pyrrole nitrogens is 2. The molecule has 5 nitrogen and oxygen atoms in total. The second-order valence-electron chi connectivity index (χ2n) is 3.04. The first-order valence-corrected chi connectivity index (χ1v) is 4.97. The summed E-state index contributed by atoms with van der Waals surface area (Å²) in [6.45, 7) is 2.72. The maximum absolute atomic E-state index is 10.9. The zero-order chi connectivity index (χ0) is 10.8. The molecule has 2 N–H and O–H groups in total. The number of rotatable bonds is 2. The van der Waals surface area contributed by atoms with Crippen LogP contribution in [0, 0.1) is 4.77 Å². The Morgan fingerprint density at radius 1 is 1.53 bits per heavy atom. The highest BCUT2D eigenvalue weighted by Crippen LogP contribution is 2.11. The fraction of sp³-hybridized carbons (Fsp3) is 0.222. The smallest absolute Gasteiger partial charge is 0.247 e. The molecule has 0 aliphatic rings. The summed E-state index contributed by atoms with van der Waals surface area (Å²) in [5.41, 5.74) is 0.681. The highest BCUT2D eigenvalue weighted by molar-refractivity contribution is 7.71. The quantitative estimate of drug-likeness (QED) is 0.753. The maximum atomic E-state index is 10.9. The zero-order valence-corrected chi connectivity index (χ0v) is 8.97. The van der Waals surface area contributed by atoms with E-state index in [1.807, 2.05) is 6.92 Å². The Labute approximate surface area is 90.8 Å². The summed E-state index contributed by atoms with van der Waals surface area (Å²) in [5.74, 6) is 0.665. The minimum Gasteiger partial charge on any atom is -0.328 e. The van der Waals surface area contributed by atoms with Crippen molar-refractivity contribution in [2.75, 3.05) is 0 Å². The zero-order valence-electron chi connectivity index (χ0n) is 8.15. The maximum Gasteiger partial charge on any atom is 0.247 e. The van der Waals surface area contributed by atoms with Crippen molar-refractivity contribution in [2.45, 2.75) is 13.5 Å². The van der Waals surface area contributed by atoms with Gasteiger partial charge in [0.05, 0.1) is 0 Å². The number of hydrogen-bond acceptors (Lipinski definition) is 3. The predicted molar refractivity (Wildman–Crippen MR) is 59.1 cm³/mol. The second kappa shape index (κ2) is 3.82. The normalized spacial score (nSPS) is 10.5. The minimum absolute atomic E-state index is 0.132. The van der Waals surface area contributed by atoms with Crippen LogP contribution in [0.15, 0.2) is 23.1 Å². The molecule has 78 valence electrons. The summed E-state index contributed by atoms with van der Waals surface area (Å²) >= 11 is 5.05. The lowest BCUT2D eigenvalue weighted by atomic mass is 10.3. The standard InChI is InChI=1S/C9H10N4OS/c1-2-13-9(15)11-8(12-13)6-3-4-7(14)10-5-6/h3-5H,2H2,1H3,(H,10,14)(H,11,12,15). The van der Waals surface area contributed by atoms with E-state index >= 15 is 0 Å². The third-order valence-electron chi connectivity index (χ3n) is 2.05. The third kappa shape index (κ3) is 1.89. The molecule has 0 saturated carbocycles. The molecule has 2 aromatic rings. The van der Waals surface area contributed by atoms with Crippen molar-refractivity contribution in [1.82, 2.24) is 19.7 Å². The van der Waals surface area contributed by atoms with Crippen molar-refractivity contribution in [3.63, 3.8) is 0 Å². The molecule has 0 amide bonds. The van der Waals surface area contributed by atoms with Crippen LogP contribution >= 0.6 is 12.2 Å². The average Bonchev–Trinajstić information content (AvgIpc) is 2.61. The van der Waals surface area contributed by atoms with E-state index in [4.69, 9.17) is 12.2 Å². The summed E-state index contributed by atoms with van der Waals surface area (Å²) in [5, 5.41) is 3.05. The predicted octanol–water partition coefficient (Wildman–Crippen LogP) is 1.32. The summed E-state index contributed by atoms with van der Waals surface area (Å²) in [6.07, 6.45) is 1.61. The van der Waals surface area contributed by atoms with E-state index in [-0.39, 0.29) is 5.56 Å². The Hall–Kier alpha value is -1.69. The number of nitrogens with zero attached hydrogens (tertiary/aromatic N) is 2. The highest BCUT2D eigenvalue weighted by atomic mass is 32.1. The fourth-order valence-electron chi connectivity index (χ4n) is 1.26. The third-order valence-corrected chi connectivity index (χ3v) is 2.36. The lowest BCUT2D eigenvalue weighted by Gasteiger charge is -1.95. The van der Waals surface area contributed by atoms with E-state index in [1.54, 1.807) is 16.9 Å². The molecular formula is C9H10N4OS. The van der Waals surface area contributed by atoms with E-state index in [9.17, 15) is 4.79 Å². The van der Waals surface area contributed by atoms with E-state index in [2.05, 4.69) is 15.1 Å². The number of aryl methyl sites for hydroxylation is 1. The molecule has 0 atom stereocenters. The van der Waals surface area contributed by atoms with Gasteiger partial charge in [0, 0.05) is 24.4 Å². The molecule has 2 rings (SSSR count). The minimum atomic E-state index is -0.132. The van der Waals surface area contributed by atoms with E-state index in [0.717, 1.165) is 12.1 Å². The Morgan fingerprint density at radius 3 is 2.87 bits per heavy atom. The molecule has 0 radical (unpaired) electrons. The van der Waals surface area contributed by atoms with Gasteiger partial charge in [-0.2, -0.15) is 4.98 Å². The van der Waals surface area contributed by atoms with Gasteiger partial charge in [-0.25, -0.2) is 0 Å². The Balaban J connectivity index is 2.50. The second-order valence-corrected chi connectivity index (χ2v) is 3.41. The van der Waals surface area contributed by atoms with Gasteiger partial charge in [0.25, 0.3) is 0 Å². The van der Waals surface area contributed by atoms with Gasteiger partial charge < -0.3 is 4.98 Å². The first-order valence-electron chi connectivity index (χ1n) is 4.56. The van der Waals surface area contributed by atoms with Gasteiger partial charge in [0.2, 0.25) is 10.3 Å². The number of aromatic amines is 2. The topological polar surface area (TPSA) is 66.5 Å². The number of hydrogen-bond donors (Lipinski definition) is 2. The first-order chi connectivity index (χ1) is 7.20. The van der Waals surface area contributed by atoms with Crippen molar-refractivity contribution in [3.8, 4) is 11.4 Å². The Morgan fingerprint density at radius 2 is 2.33 bits per heavy atom. The molecule has 0 aliphatic carbocycles. The van der Waals surface area contributed by atoms with E-state index < -0.39 is 0 Å². The van der Waals surface area contributed by atoms with Gasteiger partial charge in [-0.1, -0.05) is 0 Å². The summed E-state index contributed by atoms with van der Waals surface area (Å²) < 4.78 is 2.27. The van der Waals surface area contributed by atoms with Crippen molar-refractivity contribution < 1.29 is 0 Å². The van der Waals surface area contributed by atoms with Crippen molar-refractivity contribution in [1.29, 1.82) is 0 Å². The van der Waals surface area contributed by atoms with Crippen LogP contribution in [0.3, 0.4) is 0 Å². The lowest BCUT2D eigenvalue weighted by molar-refractivity contribution is 0.650. The Kier molecular flexibility index (Phi) is 2.51. The van der Waals surface area contributed by atoms with Crippen molar-refractivity contribution >= 4 is 12.2 Å². The number of nitrogens with one attached hydrogen (secondary N) is 2. The summed E-state index contributed by atoms with van der Waals surface area (Å²) in [7, 11) is 0. The lowest BCUT2D eigenvalue weighted by Crippen LogP contribution is -2.02. The number of pyridine rings is 1. The molecule has 15 heavy (non-hydrogen) atoms. The van der Waals surface area contributed by atoms with E-state index in [0.29, 0.717) is 10.6 Å². The molecule has 0 aromatic carbocycles. The average molecular weight is 222 g/mol. The SMILES string of the molecule is CCn1[nH]c(-c2ccc(=O)[nH]c2)nc1=S. The van der Waals surface area contributed by atoms with Gasteiger partial charge in [-0.3, -0.25) is 14.6 Å². The van der Waals surface area contributed by atoms with Gasteiger partial charge in [0.1, 0.15) is 0 Å². The summed E-state index contributed by atoms with van der Waals surface area (Å²) in [6, 6.07) is 3.16. The van der Waals surface area contributed by atoms with Gasteiger partial charge in [-0.05, 0) is 25.2 Å². The molecule has 0 fully saturated rings. The first kappa shape index (κ1) is 9.85. The van der Waals surface area contributed by atoms with Crippen LogP contribution in [-0.2, 0) is 6.54 Å². The summed E-state index contributed by atoms with van der Waals surface area (Å²) in [4.78, 5) is 17.6. The molecule has 6 heteroatoms. The van der Waals surface area contributed by atoms with Gasteiger partial charge in [-0.15, -0.1) is 0 Å². The van der Waals surface area contributed by atoms with Gasteiger partial charge >= 0.3 is 0 Å². The Bertz CT molecular complexity index is 560. The van der Waals surface area contributed by atoms with Crippen LogP contribution in [0.2, 0.25) is 0 Å². The van der Waals surface area contributed by atoms with Crippen LogP contribution < -0.4 is 5.56 Å². The van der Waals surface area contributed by atoms with Crippen LogP contribution in [-0.4, -0.2) is 19.7 Å². The molecule has 0 bridgehead atoms. The molecule has 0 saturated heterocycles. The van der Waals surface area contributed by atoms with Crippen LogP contribution in [0.25, 0.3) is 11.4 Å². The van der Waals surface area contributed by atoms with Crippen LogP contribution in [0.5, 0.6) is 0 Å². The number of aromatic nitrogens is 4. The molecule has 0 spiro atoms. The van der Waals surface area contributed by atoms with Crippen LogP contribution in [0.1, 0.15) is 6.92 Å². The van der Waals surface area contributed by atoms with E-state index in [1.165, 1.54) is 6.07 Å². The van der Waals surface area contributed by atoms with Gasteiger partial charge in [0.15, 0.2) is 5.82 Å². The highest BCUT2D eigenvalue weighted by Gasteiger charge is 2.03.